The fraction of sp³-hybridized carbons (Fsp3) is 0.500. The second kappa shape index (κ2) is 8.71. The van der Waals surface area contributed by atoms with Gasteiger partial charge >= 0.3 is 0 Å². The smallest absolute Gasteiger partial charge is 0.233 e. The Labute approximate surface area is 133 Å². The predicted octanol–water partition coefficient (Wildman–Crippen LogP) is 1.89. The van der Waals surface area contributed by atoms with Crippen LogP contribution in [0.5, 0.6) is 0 Å². The average molecular weight is 301 g/mol. The number of likely N-dealkylation sites (tertiary alicyclic amines) is 1. The fourth-order valence-corrected chi connectivity index (χ4v) is 2.77. The molecule has 1 aliphatic heterocycles. The molecule has 0 spiro atoms. The fourth-order valence-electron chi connectivity index (χ4n) is 2.77. The maximum atomic E-state index is 11.4. The van der Waals surface area contributed by atoms with Gasteiger partial charge in [-0.3, -0.25) is 9.69 Å². The molecule has 0 unspecified atom stereocenters. The summed E-state index contributed by atoms with van der Waals surface area (Å²) in [6.45, 7) is 5.60. The lowest BCUT2D eigenvalue weighted by atomic mass is 10.0. The van der Waals surface area contributed by atoms with Crippen molar-refractivity contribution in [1.82, 2.24) is 15.5 Å². The second-order valence-electron chi connectivity index (χ2n) is 6.01. The number of likely N-dealkylation sites (N-methyl/N-ethyl adjacent to an activating group) is 1. The van der Waals surface area contributed by atoms with Crippen LogP contribution in [0.3, 0.4) is 0 Å². The van der Waals surface area contributed by atoms with Gasteiger partial charge in [0.2, 0.25) is 5.91 Å². The summed E-state index contributed by atoms with van der Waals surface area (Å²) < 4.78 is 0. The molecule has 1 fully saturated rings. The zero-order chi connectivity index (χ0) is 15.8. The standard InChI is InChI=1S/C18H27N3O/c1-15(12-16-6-4-3-5-7-16)13-20-17-8-10-21(11-9-17)14-18(22)19-2/h3-7,12,17,20H,8-11,13-14H2,1-2H3,(H,19,22)/b15-12+. The number of piperidine rings is 1. The van der Waals surface area contributed by atoms with Crippen molar-refractivity contribution in [3.05, 3.63) is 41.5 Å². The molecule has 1 aliphatic rings. The monoisotopic (exact) mass is 301 g/mol. The maximum absolute atomic E-state index is 11.4. The van der Waals surface area contributed by atoms with E-state index >= 15 is 0 Å². The third-order valence-electron chi connectivity index (χ3n) is 4.12. The van der Waals surface area contributed by atoms with Gasteiger partial charge in [-0.2, -0.15) is 0 Å². The number of amides is 1. The van der Waals surface area contributed by atoms with E-state index in [-0.39, 0.29) is 5.91 Å². The van der Waals surface area contributed by atoms with E-state index < -0.39 is 0 Å². The summed E-state index contributed by atoms with van der Waals surface area (Å²) in [5.74, 6) is 0.105. The van der Waals surface area contributed by atoms with Gasteiger partial charge in [0.25, 0.3) is 0 Å². The zero-order valence-electron chi connectivity index (χ0n) is 13.6. The first kappa shape index (κ1) is 16.7. The molecule has 0 aromatic heterocycles. The first-order valence-corrected chi connectivity index (χ1v) is 8.06. The van der Waals surface area contributed by atoms with Gasteiger partial charge in [0.1, 0.15) is 0 Å². The number of benzene rings is 1. The molecule has 1 aromatic rings. The lowest BCUT2D eigenvalue weighted by Gasteiger charge is -2.32. The van der Waals surface area contributed by atoms with Gasteiger partial charge in [0.05, 0.1) is 6.54 Å². The Bertz CT molecular complexity index is 490. The highest BCUT2D eigenvalue weighted by atomic mass is 16.1. The molecule has 0 aliphatic carbocycles. The van der Waals surface area contributed by atoms with Crippen LogP contribution in [-0.2, 0) is 4.79 Å². The molecule has 0 bridgehead atoms. The van der Waals surface area contributed by atoms with Crippen LogP contribution in [0.2, 0.25) is 0 Å². The van der Waals surface area contributed by atoms with Crippen molar-refractivity contribution in [3.63, 3.8) is 0 Å². The van der Waals surface area contributed by atoms with Gasteiger partial charge in [-0.25, -0.2) is 0 Å². The molecule has 1 heterocycles. The normalized spacial score (nSPS) is 17.5. The van der Waals surface area contributed by atoms with Crippen molar-refractivity contribution in [2.75, 3.05) is 33.2 Å². The molecule has 1 amide bonds. The second-order valence-corrected chi connectivity index (χ2v) is 6.01. The van der Waals surface area contributed by atoms with E-state index in [1.165, 1.54) is 11.1 Å². The van der Waals surface area contributed by atoms with E-state index in [9.17, 15) is 4.79 Å². The van der Waals surface area contributed by atoms with Gasteiger partial charge in [-0.1, -0.05) is 42.0 Å². The lowest BCUT2D eigenvalue weighted by Crippen LogP contribution is -2.45. The first-order chi connectivity index (χ1) is 10.7. The topological polar surface area (TPSA) is 44.4 Å². The van der Waals surface area contributed by atoms with Gasteiger partial charge in [-0.15, -0.1) is 0 Å². The van der Waals surface area contributed by atoms with Gasteiger partial charge in [0.15, 0.2) is 0 Å². The molecule has 2 N–H and O–H groups in total. The molecule has 1 aromatic carbocycles. The molecule has 4 heteroatoms. The Morgan fingerprint density at radius 1 is 1.27 bits per heavy atom. The van der Waals surface area contributed by atoms with Crippen LogP contribution in [-0.4, -0.2) is 50.1 Å². The van der Waals surface area contributed by atoms with Crippen LogP contribution in [0.4, 0.5) is 0 Å². The van der Waals surface area contributed by atoms with Crippen molar-refractivity contribution in [3.8, 4) is 0 Å². The molecule has 120 valence electrons. The lowest BCUT2D eigenvalue weighted by molar-refractivity contribution is -0.122. The minimum atomic E-state index is 0.105. The highest BCUT2D eigenvalue weighted by molar-refractivity contribution is 5.77. The summed E-state index contributed by atoms with van der Waals surface area (Å²) in [6.07, 6.45) is 4.44. The van der Waals surface area contributed by atoms with Crippen molar-refractivity contribution in [2.24, 2.45) is 0 Å². The molecule has 4 nitrogen and oxygen atoms in total. The van der Waals surface area contributed by atoms with Crippen molar-refractivity contribution >= 4 is 12.0 Å². The first-order valence-electron chi connectivity index (χ1n) is 8.06. The molecule has 22 heavy (non-hydrogen) atoms. The van der Waals surface area contributed by atoms with E-state index in [0.717, 1.165) is 32.5 Å². The van der Waals surface area contributed by atoms with E-state index in [2.05, 4.69) is 52.8 Å². The summed E-state index contributed by atoms with van der Waals surface area (Å²) >= 11 is 0. The third-order valence-corrected chi connectivity index (χ3v) is 4.12. The Morgan fingerprint density at radius 3 is 2.59 bits per heavy atom. The molecule has 0 atom stereocenters. The molecule has 0 saturated carbocycles. The molecular formula is C18H27N3O. The Balaban J connectivity index is 1.70. The summed E-state index contributed by atoms with van der Waals surface area (Å²) in [6, 6.07) is 11.0. The van der Waals surface area contributed by atoms with Gasteiger partial charge in [-0.05, 0) is 25.3 Å². The number of carbonyl (C=O) groups excluding carboxylic acids is 1. The van der Waals surface area contributed by atoms with E-state index in [1.807, 2.05) is 6.07 Å². The van der Waals surface area contributed by atoms with Crippen molar-refractivity contribution in [2.45, 2.75) is 25.8 Å². The van der Waals surface area contributed by atoms with E-state index in [4.69, 9.17) is 0 Å². The zero-order valence-corrected chi connectivity index (χ0v) is 13.6. The summed E-state index contributed by atoms with van der Waals surface area (Å²) in [4.78, 5) is 13.6. The van der Waals surface area contributed by atoms with Crippen LogP contribution in [0.15, 0.2) is 35.9 Å². The average Bonchev–Trinajstić information content (AvgIpc) is 2.55. The minimum Gasteiger partial charge on any atom is -0.358 e. The van der Waals surface area contributed by atoms with Crippen LogP contribution in [0.1, 0.15) is 25.3 Å². The predicted molar refractivity (Wildman–Crippen MR) is 91.6 cm³/mol. The Kier molecular flexibility index (Phi) is 6.62. The maximum Gasteiger partial charge on any atom is 0.233 e. The number of rotatable bonds is 6. The third kappa shape index (κ3) is 5.62. The number of hydrogen-bond donors (Lipinski definition) is 2. The molecule has 1 saturated heterocycles. The van der Waals surface area contributed by atoms with Crippen LogP contribution in [0, 0.1) is 0 Å². The van der Waals surface area contributed by atoms with Crippen LogP contribution < -0.4 is 10.6 Å². The molecular weight excluding hydrogens is 274 g/mol. The summed E-state index contributed by atoms with van der Waals surface area (Å²) in [5.41, 5.74) is 2.60. The minimum absolute atomic E-state index is 0.105. The van der Waals surface area contributed by atoms with Crippen molar-refractivity contribution in [1.29, 1.82) is 0 Å². The summed E-state index contributed by atoms with van der Waals surface area (Å²) in [5, 5.41) is 6.32. The Morgan fingerprint density at radius 2 is 1.95 bits per heavy atom. The van der Waals surface area contributed by atoms with Gasteiger partial charge < -0.3 is 10.6 Å². The van der Waals surface area contributed by atoms with Crippen LogP contribution >= 0.6 is 0 Å². The summed E-state index contributed by atoms with van der Waals surface area (Å²) in [7, 11) is 1.69. The largest absolute Gasteiger partial charge is 0.358 e. The SMILES string of the molecule is CNC(=O)CN1CCC(NC/C(C)=C/c2ccccc2)CC1. The quantitative estimate of drug-likeness (QED) is 0.843. The van der Waals surface area contributed by atoms with Gasteiger partial charge in [0, 0.05) is 32.7 Å². The Hall–Kier alpha value is -1.65. The number of nitrogens with zero attached hydrogens (tertiary/aromatic N) is 1. The van der Waals surface area contributed by atoms with E-state index in [0.29, 0.717) is 12.6 Å². The molecule has 2 rings (SSSR count). The molecule has 0 radical (unpaired) electrons. The van der Waals surface area contributed by atoms with Crippen LogP contribution in [0.25, 0.3) is 6.08 Å². The number of nitrogens with one attached hydrogen (secondary N) is 2. The number of carbonyl (C=O) groups is 1. The van der Waals surface area contributed by atoms with Crippen molar-refractivity contribution < 1.29 is 4.79 Å². The van der Waals surface area contributed by atoms with E-state index in [1.54, 1.807) is 7.05 Å². The highest BCUT2D eigenvalue weighted by Crippen LogP contribution is 2.11. The number of hydrogen-bond acceptors (Lipinski definition) is 3. The highest BCUT2D eigenvalue weighted by Gasteiger charge is 2.19.